The summed E-state index contributed by atoms with van der Waals surface area (Å²) >= 11 is 0. The van der Waals surface area contributed by atoms with E-state index >= 15 is 0 Å². The van der Waals surface area contributed by atoms with Gasteiger partial charge in [-0.3, -0.25) is 18.8 Å². The number of hydroxylamine groups is 1. The van der Waals surface area contributed by atoms with Crippen LogP contribution in [-0.4, -0.2) is 56.3 Å². The lowest BCUT2D eigenvalue weighted by molar-refractivity contribution is -0.141. The number of aliphatic hydroxyl groups excluding tert-OH is 1. The average molecular weight is 596 g/mol. The number of nitrogens with two attached hydrogens (primary N) is 1. The van der Waals surface area contributed by atoms with Crippen LogP contribution in [-0.2, 0) is 34.6 Å². The van der Waals surface area contributed by atoms with E-state index in [0.717, 1.165) is 17.8 Å². The molecule has 2 heterocycles. The van der Waals surface area contributed by atoms with Crippen LogP contribution in [0.4, 0.5) is 20.3 Å². The first-order chi connectivity index (χ1) is 19.4. The van der Waals surface area contributed by atoms with Gasteiger partial charge in [0.2, 0.25) is 6.23 Å². The highest BCUT2D eigenvalue weighted by atomic mass is 31.2. The zero-order valence-corrected chi connectivity index (χ0v) is 22.4. The zero-order chi connectivity index (χ0) is 29.8. The van der Waals surface area contributed by atoms with Crippen LogP contribution in [0, 0.1) is 0 Å². The summed E-state index contributed by atoms with van der Waals surface area (Å²) in [5, 5.41) is 11.3. The number of phosphoric ester groups is 1. The molecule has 41 heavy (non-hydrogen) atoms. The van der Waals surface area contributed by atoms with Crippen molar-refractivity contribution >= 4 is 25.3 Å². The molecular formula is C25H27F2N4O9P. The van der Waals surface area contributed by atoms with Crippen molar-refractivity contribution in [1.82, 2.24) is 9.55 Å². The molecule has 13 nitrogen and oxygen atoms in total. The minimum Gasteiger partial charge on any atom is -0.384 e. The number of carbonyl (C=O) groups is 1. The minimum atomic E-state index is -5.20. The second kappa shape index (κ2) is 12.4. The third-order valence-corrected chi connectivity index (χ3v) is 6.89. The predicted molar refractivity (Wildman–Crippen MR) is 139 cm³/mol. The van der Waals surface area contributed by atoms with Crippen molar-refractivity contribution in [3.05, 3.63) is 89.0 Å². The molecule has 1 aromatic heterocycles. The minimum absolute atomic E-state index is 0.0551. The van der Waals surface area contributed by atoms with E-state index in [2.05, 4.69) is 9.51 Å². The van der Waals surface area contributed by atoms with Crippen molar-refractivity contribution in [2.75, 3.05) is 17.4 Å². The molecule has 0 radical (unpaired) electrons. The molecule has 0 spiro atoms. The maximum absolute atomic E-state index is 14.7. The number of halogens is 2. The molecule has 0 bridgehead atoms. The largest absolute Gasteiger partial charge is 0.529 e. The fourth-order valence-electron chi connectivity index (χ4n) is 3.89. The molecule has 1 aliphatic rings. The molecule has 3 aromatic rings. The first kappa shape index (κ1) is 30.2. The normalized spacial score (nSPS) is 22.0. The third-order valence-electron chi connectivity index (χ3n) is 6.01. The van der Waals surface area contributed by atoms with Crippen LogP contribution in [0.25, 0.3) is 0 Å². The number of rotatable bonds is 11. The Hall–Kier alpha value is -3.72. The molecule has 0 amide bonds. The number of aromatic nitrogens is 2. The Morgan fingerprint density at radius 3 is 2.46 bits per heavy atom. The number of hydrogen-bond acceptors (Lipinski definition) is 11. The summed E-state index contributed by atoms with van der Waals surface area (Å²) in [6.45, 7) is 0.319. The van der Waals surface area contributed by atoms with Crippen LogP contribution in [0.2, 0.25) is 0 Å². The standard InChI is InChI=1S/C25H27F2N4O9P/c1-16(31(18-10-6-3-7-11-18)37-14-17-8-4-2-5-9-17)22(33)40-41(35,36)38-15-19-21(32)25(26,27)23(39-19)30-13-12-20(28)29-24(30)34/h2-13,16,19,21,23,32H,14-15H2,1H3,(H,35,36)(H2,28,29,34)/t16-,19+,21+,23+/m0/s1. The number of nitrogen functional groups attached to an aromatic ring is 1. The summed E-state index contributed by atoms with van der Waals surface area (Å²) in [6, 6.07) is 17.2. The number of ether oxygens (including phenoxy) is 1. The van der Waals surface area contributed by atoms with Gasteiger partial charge in [-0.15, -0.1) is 0 Å². The maximum atomic E-state index is 14.7. The zero-order valence-electron chi connectivity index (χ0n) is 21.5. The van der Waals surface area contributed by atoms with E-state index in [1.165, 1.54) is 12.0 Å². The van der Waals surface area contributed by atoms with Gasteiger partial charge >= 0.3 is 25.4 Å². The molecule has 0 unspecified atom stereocenters. The Morgan fingerprint density at radius 2 is 1.83 bits per heavy atom. The fraction of sp³-hybridized carbons (Fsp3) is 0.320. The number of phosphoric acid groups is 1. The molecule has 2 aromatic carbocycles. The van der Waals surface area contributed by atoms with Gasteiger partial charge in [-0.2, -0.15) is 13.8 Å². The van der Waals surface area contributed by atoms with Crippen LogP contribution in [0.1, 0.15) is 18.7 Å². The lowest BCUT2D eigenvalue weighted by Crippen LogP contribution is -2.42. The highest BCUT2D eigenvalue weighted by Crippen LogP contribution is 2.47. The summed E-state index contributed by atoms with van der Waals surface area (Å²) in [5.74, 6) is -5.48. The molecule has 0 aliphatic carbocycles. The van der Waals surface area contributed by atoms with Crippen LogP contribution in [0.3, 0.4) is 0 Å². The van der Waals surface area contributed by atoms with Crippen molar-refractivity contribution in [2.45, 2.75) is 43.9 Å². The monoisotopic (exact) mass is 596 g/mol. The quantitative estimate of drug-likeness (QED) is 0.218. The van der Waals surface area contributed by atoms with Gasteiger partial charge < -0.3 is 20.1 Å². The second-order valence-corrected chi connectivity index (χ2v) is 10.3. The van der Waals surface area contributed by atoms with Crippen LogP contribution < -0.4 is 16.5 Å². The molecule has 4 rings (SSSR count). The van der Waals surface area contributed by atoms with Gasteiger partial charge in [-0.25, -0.2) is 19.2 Å². The number of aliphatic hydroxyl groups is 1. The molecule has 1 fully saturated rings. The van der Waals surface area contributed by atoms with E-state index < -0.39 is 56.5 Å². The number of para-hydroxylation sites is 1. The van der Waals surface area contributed by atoms with Gasteiger partial charge in [0.05, 0.1) is 18.9 Å². The van der Waals surface area contributed by atoms with E-state index in [-0.39, 0.29) is 12.4 Å². The lowest BCUT2D eigenvalue weighted by Gasteiger charge is -2.29. The number of benzene rings is 2. The molecule has 0 saturated carbocycles. The Labute approximate surface area is 232 Å². The molecule has 4 N–H and O–H groups in total. The number of hydrogen-bond donors (Lipinski definition) is 3. The Balaban J connectivity index is 1.41. The SMILES string of the molecule is C[C@@H](C(=O)O[P@](=O)(O)OC[C@H]1O[C@@H](n2ccc(N)nc2=O)C(F)(F)[C@@H]1O)N(OCc1ccccc1)c1ccccc1. The van der Waals surface area contributed by atoms with Crippen molar-refractivity contribution < 1.29 is 46.8 Å². The van der Waals surface area contributed by atoms with E-state index in [9.17, 15) is 32.9 Å². The first-order valence-electron chi connectivity index (χ1n) is 12.2. The van der Waals surface area contributed by atoms with E-state index in [4.69, 9.17) is 19.8 Å². The van der Waals surface area contributed by atoms with Crippen LogP contribution >= 0.6 is 7.82 Å². The summed E-state index contributed by atoms with van der Waals surface area (Å²) in [5.41, 5.74) is 5.42. The van der Waals surface area contributed by atoms with E-state index in [0.29, 0.717) is 10.3 Å². The Kier molecular flexibility index (Phi) is 9.17. The molecule has 1 aliphatic heterocycles. The molecular weight excluding hydrogens is 569 g/mol. The summed E-state index contributed by atoms with van der Waals surface area (Å²) in [7, 11) is -5.20. The van der Waals surface area contributed by atoms with Crippen molar-refractivity contribution in [3.63, 3.8) is 0 Å². The number of nitrogens with zero attached hydrogens (tertiary/aromatic N) is 3. The molecule has 5 atom stereocenters. The Bertz CT molecular complexity index is 1450. The topological polar surface area (TPSA) is 176 Å². The van der Waals surface area contributed by atoms with E-state index in [1.807, 2.05) is 6.07 Å². The van der Waals surface area contributed by atoms with Crippen LogP contribution in [0.15, 0.2) is 77.7 Å². The first-order valence-corrected chi connectivity index (χ1v) is 13.7. The number of carbonyl (C=O) groups excluding carboxylic acids is 1. The molecule has 1 saturated heterocycles. The average Bonchev–Trinajstić information content (AvgIpc) is 3.16. The van der Waals surface area contributed by atoms with Gasteiger partial charge in [0.1, 0.15) is 11.9 Å². The summed E-state index contributed by atoms with van der Waals surface area (Å²) in [6.07, 6.45) is -5.84. The summed E-state index contributed by atoms with van der Waals surface area (Å²) in [4.78, 5) is 44.1. The number of alkyl halides is 2. The van der Waals surface area contributed by atoms with Crippen molar-refractivity contribution in [1.29, 1.82) is 0 Å². The smallest absolute Gasteiger partial charge is 0.384 e. The van der Waals surface area contributed by atoms with Gasteiger partial charge in [0.25, 0.3) is 0 Å². The van der Waals surface area contributed by atoms with Gasteiger partial charge in [-0.1, -0.05) is 48.5 Å². The number of anilines is 2. The Morgan fingerprint density at radius 1 is 1.20 bits per heavy atom. The maximum Gasteiger partial charge on any atom is 0.529 e. The lowest BCUT2D eigenvalue weighted by atomic mass is 10.1. The highest BCUT2D eigenvalue weighted by molar-refractivity contribution is 7.48. The van der Waals surface area contributed by atoms with Crippen molar-refractivity contribution in [2.24, 2.45) is 0 Å². The fourth-order valence-corrected chi connectivity index (χ4v) is 4.66. The predicted octanol–water partition coefficient (Wildman–Crippen LogP) is 2.41. The second-order valence-electron chi connectivity index (χ2n) is 8.96. The molecule has 220 valence electrons. The van der Waals surface area contributed by atoms with Crippen molar-refractivity contribution in [3.8, 4) is 0 Å². The van der Waals surface area contributed by atoms with Gasteiger partial charge in [-0.05, 0) is 30.7 Å². The molecule has 16 heteroatoms. The highest BCUT2D eigenvalue weighted by Gasteiger charge is 2.60. The summed E-state index contributed by atoms with van der Waals surface area (Å²) < 4.78 is 56.9. The van der Waals surface area contributed by atoms with E-state index in [1.54, 1.807) is 54.6 Å². The van der Waals surface area contributed by atoms with Gasteiger partial charge in [0, 0.05) is 6.20 Å². The van der Waals surface area contributed by atoms with Gasteiger partial charge in [0.15, 0.2) is 12.1 Å². The van der Waals surface area contributed by atoms with Crippen LogP contribution in [0.5, 0.6) is 0 Å². The third kappa shape index (κ3) is 7.14.